The second kappa shape index (κ2) is 5.55. The van der Waals surface area contributed by atoms with Crippen LogP contribution in [0.15, 0.2) is 4.34 Å². The molecule has 1 fully saturated rings. The summed E-state index contributed by atoms with van der Waals surface area (Å²) in [6.07, 6.45) is 13.7. The summed E-state index contributed by atoms with van der Waals surface area (Å²) in [6, 6.07) is 0.697. The summed E-state index contributed by atoms with van der Waals surface area (Å²) in [4.78, 5) is 4.67. The third-order valence-electron chi connectivity index (χ3n) is 3.41. The van der Waals surface area contributed by atoms with Crippen LogP contribution in [-0.2, 0) is 0 Å². The number of thiazole rings is 1. The maximum Gasteiger partial charge on any atom is 0.166 e. The van der Waals surface area contributed by atoms with E-state index in [2.05, 4.69) is 21.9 Å². The summed E-state index contributed by atoms with van der Waals surface area (Å²) in [5, 5.41) is 1.20. The molecule has 0 saturated heterocycles. The van der Waals surface area contributed by atoms with Gasteiger partial charge in [0.25, 0.3) is 0 Å². The van der Waals surface area contributed by atoms with Crippen molar-refractivity contribution in [3.05, 3.63) is 9.88 Å². The molecule has 0 amide bonds. The third-order valence-corrected chi connectivity index (χ3v) is 5.49. The molecule has 17 heavy (non-hydrogen) atoms. The maximum atomic E-state index is 4.67. The van der Waals surface area contributed by atoms with Gasteiger partial charge in [-0.3, -0.25) is 4.72 Å². The van der Waals surface area contributed by atoms with Crippen LogP contribution in [0.25, 0.3) is 12.2 Å². The number of hydrogen-bond acceptors (Lipinski definition) is 4. The highest BCUT2D eigenvalue weighted by Crippen LogP contribution is 2.22. The molecule has 0 atom stereocenters. The summed E-state index contributed by atoms with van der Waals surface area (Å²) >= 11 is 3.56. The standard InChI is InChI=1S/C13H18N2S2/c1-2-6-10(7-3-1)15-17-13-14-11-8-4-5-9-12(11)16-13/h8-10,15H,1-7H2. The van der Waals surface area contributed by atoms with E-state index in [4.69, 9.17) is 0 Å². The van der Waals surface area contributed by atoms with Gasteiger partial charge in [0.15, 0.2) is 4.34 Å². The maximum absolute atomic E-state index is 4.67. The molecule has 2 nitrogen and oxygen atoms in total. The summed E-state index contributed by atoms with van der Waals surface area (Å²) in [7, 11) is 0. The minimum atomic E-state index is 0.697. The Morgan fingerprint density at radius 1 is 1.18 bits per heavy atom. The van der Waals surface area contributed by atoms with Crippen molar-refractivity contribution in [3.63, 3.8) is 0 Å². The highest BCUT2D eigenvalue weighted by molar-refractivity contribution is 7.99. The average molecular weight is 266 g/mol. The zero-order valence-corrected chi connectivity index (χ0v) is 11.6. The minimum absolute atomic E-state index is 0.697. The van der Waals surface area contributed by atoms with Crippen molar-refractivity contribution < 1.29 is 0 Å². The molecular weight excluding hydrogens is 248 g/mol. The summed E-state index contributed by atoms with van der Waals surface area (Å²) in [5.41, 5.74) is 0. The lowest BCUT2D eigenvalue weighted by molar-refractivity contribution is 0.423. The predicted octanol–water partition coefficient (Wildman–Crippen LogP) is 2.43. The number of nitrogens with one attached hydrogen (secondary N) is 1. The number of rotatable bonds is 3. The number of fused-ring (bicyclic) bond motifs is 1. The van der Waals surface area contributed by atoms with Crippen molar-refractivity contribution in [3.8, 4) is 0 Å². The van der Waals surface area contributed by atoms with Crippen molar-refractivity contribution in [2.24, 2.45) is 0 Å². The van der Waals surface area contributed by atoms with Crippen LogP contribution in [-0.4, -0.2) is 11.0 Å². The van der Waals surface area contributed by atoms with Crippen LogP contribution in [0, 0.1) is 0 Å². The first-order valence-corrected chi connectivity index (χ1v) is 8.15. The highest BCUT2D eigenvalue weighted by atomic mass is 32.2. The van der Waals surface area contributed by atoms with Gasteiger partial charge >= 0.3 is 0 Å². The van der Waals surface area contributed by atoms with E-state index in [1.807, 2.05) is 11.3 Å². The van der Waals surface area contributed by atoms with E-state index in [9.17, 15) is 0 Å². The zero-order valence-electron chi connectivity index (χ0n) is 9.95. The molecule has 1 N–H and O–H groups in total. The SMILES string of the molecule is C1=c2nc(SNC3CCCCC3)sc2=CCC1. The summed E-state index contributed by atoms with van der Waals surface area (Å²) < 4.78 is 6.12. The highest BCUT2D eigenvalue weighted by Gasteiger charge is 2.13. The second-order valence-corrected chi connectivity index (χ2v) is 6.89. The Morgan fingerprint density at radius 2 is 2.00 bits per heavy atom. The van der Waals surface area contributed by atoms with Gasteiger partial charge in [0.1, 0.15) is 0 Å². The van der Waals surface area contributed by atoms with Gasteiger partial charge < -0.3 is 0 Å². The third kappa shape index (κ3) is 2.92. The van der Waals surface area contributed by atoms with Gasteiger partial charge in [0, 0.05) is 6.04 Å². The summed E-state index contributed by atoms with van der Waals surface area (Å²) in [6.45, 7) is 0. The molecular formula is C13H18N2S2. The largest absolute Gasteiger partial charge is 0.255 e. The molecule has 1 aromatic heterocycles. The van der Waals surface area contributed by atoms with Crippen LogP contribution in [0.5, 0.6) is 0 Å². The Hall–Kier alpha value is -0.320. The monoisotopic (exact) mass is 266 g/mol. The number of aromatic nitrogens is 1. The van der Waals surface area contributed by atoms with Crippen LogP contribution >= 0.6 is 23.3 Å². The molecule has 0 spiro atoms. The van der Waals surface area contributed by atoms with Crippen molar-refractivity contribution in [2.75, 3.05) is 0 Å². The van der Waals surface area contributed by atoms with E-state index in [-0.39, 0.29) is 0 Å². The minimum Gasteiger partial charge on any atom is -0.255 e. The molecule has 0 aliphatic heterocycles. The van der Waals surface area contributed by atoms with Gasteiger partial charge in [-0.25, -0.2) is 4.98 Å². The first-order chi connectivity index (χ1) is 8.42. The van der Waals surface area contributed by atoms with Gasteiger partial charge in [0.2, 0.25) is 0 Å². The van der Waals surface area contributed by atoms with Crippen molar-refractivity contribution in [1.82, 2.24) is 9.71 Å². The predicted molar refractivity (Wildman–Crippen MR) is 75.4 cm³/mol. The number of hydrogen-bond donors (Lipinski definition) is 1. The van der Waals surface area contributed by atoms with Crippen molar-refractivity contribution in [1.29, 1.82) is 0 Å². The van der Waals surface area contributed by atoms with Gasteiger partial charge in [-0.15, -0.1) is 11.3 Å². The first-order valence-electron chi connectivity index (χ1n) is 6.51. The second-order valence-electron chi connectivity index (χ2n) is 4.77. The Bertz CT molecular complexity index is 453. The van der Waals surface area contributed by atoms with E-state index in [1.54, 1.807) is 11.9 Å². The Morgan fingerprint density at radius 3 is 2.82 bits per heavy atom. The van der Waals surface area contributed by atoms with Gasteiger partial charge in [0.05, 0.1) is 9.88 Å². The molecule has 0 aromatic carbocycles. The topological polar surface area (TPSA) is 24.9 Å². The fourth-order valence-electron chi connectivity index (χ4n) is 2.45. The molecule has 1 saturated carbocycles. The molecule has 0 bridgehead atoms. The molecule has 1 aromatic rings. The molecule has 2 aliphatic carbocycles. The molecule has 1 heterocycles. The van der Waals surface area contributed by atoms with Crippen LogP contribution in [0.1, 0.15) is 44.9 Å². The molecule has 2 aliphatic rings. The van der Waals surface area contributed by atoms with Crippen LogP contribution in [0.3, 0.4) is 0 Å². The Kier molecular flexibility index (Phi) is 3.84. The smallest absolute Gasteiger partial charge is 0.166 e. The molecule has 0 radical (unpaired) electrons. The lowest BCUT2D eigenvalue weighted by Crippen LogP contribution is -2.25. The van der Waals surface area contributed by atoms with E-state index in [0.29, 0.717) is 6.04 Å². The van der Waals surface area contributed by atoms with Crippen molar-refractivity contribution >= 4 is 35.4 Å². The van der Waals surface area contributed by atoms with E-state index < -0.39 is 0 Å². The Labute approximate surface area is 110 Å². The van der Waals surface area contributed by atoms with Crippen LogP contribution < -0.4 is 14.6 Å². The molecule has 92 valence electrons. The average Bonchev–Trinajstić information content (AvgIpc) is 2.80. The lowest BCUT2D eigenvalue weighted by atomic mass is 9.96. The molecule has 0 unspecified atom stereocenters. The first kappa shape index (κ1) is 11.8. The normalized spacial score (nSPS) is 20.5. The summed E-state index contributed by atoms with van der Waals surface area (Å²) in [5.74, 6) is 0. The number of nitrogens with zero attached hydrogens (tertiary/aromatic N) is 1. The van der Waals surface area contributed by atoms with Crippen LogP contribution in [0.2, 0.25) is 0 Å². The van der Waals surface area contributed by atoms with E-state index in [0.717, 1.165) is 6.42 Å². The van der Waals surface area contributed by atoms with Crippen LogP contribution in [0.4, 0.5) is 0 Å². The quantitative estimate of drug-likeness (QED) is 0.851. The van der Waals surface area contributed by atoms with E-state index >= 15 is 0 Å². The fraction of sp³-hybridized carbons (Fsp3) is 0.615. The van der Waals surface area contributed by atoms with Crippen molar-refractivity contribution in [2.45, 2.75) is 55.3 Å². The lowest BCUT2D eigenvalue weighted by Gasteiger charge is -2.21. The van der Waals surface area contributed by atoms with Gasteiger partial charge in [-0.1, -0.05) is 31.4 Å². The fourth-order valence-corrected chi connectivity index (χ4v) is 4.44. The zero-order chi connectivity index (χ0) is 11.5. The van der Waals surface area contributed by atoms with E-state index in [1.165, 1.54) is 52.7 Å². The Balaban J connectivity index is 1.63. The van der Waals surface area contributed by atoms with Gasteiger partial charge in [-0.2, -0.15) is 0 Å². The van der Waals surface area contributed by atoms with Gasteiger partial charge in [-0.05, 0) is 37.6 Å². The molecule has 3 rings (SSSR count). The molecule has 4 heteroatoms.